The molecule has 0 bridgehead atoms. The molecule has 0 saturated heterocycles. The van der Waals surface area contributed by atoms with Gasteiger partial charge in [0.15, 0.2) is 0 Å². The maximum Gasteiger partial charge on any atom is 0.335 e. The molecule has 0 radical (unpaired) electrons. The highest BCUT2D eigenvalue weighted by Gasteiger charge is 2.07. The van der Waals surface area contributed by atoms with Crippen LogP contribution in [0.5, 0.6) is 0 Å². The summed E-state index contributed by atoms with van der Waals surface area (Å²) in [5.41, 5.74) is 2.92. The second kappa shape index (κ2) is 6.57. The number of hydrogen-bond donors (Lipinski definition) is 3. The largest absolute Gasteiger partial charge is 0.478 e. The number of rotatable bonds is 5. The number of hydrogen-bond acceptors (Lipinski definition) is 3. The fourth-order valence-electron chi connectivity index (χ4n) is 2.00. The zero-order valence-corrected chi connectivity index (χ0v) is 12.1. The highest BCUT2D eigenvalue weighted by atomic mass is 16.4. The van der Waals surface area contributed by atoms with Crippen molar-refractivity contribution in [3.63, 3.8) is 0 Å². The summed E-state index contributed by atoms with van der Waals surface area (Å²) in [4.78, 5) is 25.9. The van der Waals surface area contributed by atoms with Crippen molar-refractivity contribution in [1.29, 1.82) is 0 Å². The molecule has 0 spiro atoms. The molecule has 3 aromatic rings. The number of nitrogens with one attached hydrogen (secondary N) is 2. The summed E-state index contributed by atoms with van der Waals surface area (Å²) in [5, 5.41) is 9.13. The molecule has 3 rings (SSSR count). The van der Waals surface area contributed by atoms with Crippen LogP contribution in [0, 0.1) is 0 Å². The van der Waals surface area contributed by atoms with Crippen molar-refractivity contribution in [3.05, 3.63) is 71.8 Å². The molecule has 6 heteroatoms. The molecule has 0 fully saturated rings. The Kier molecular flexibility index (Phi) is 4.15. The molecule has 0 aliphatic carbocycles. The third-order valence-corrected chi connectivity index (χ3v) is 3.15. The van der Waals surface area contributed by atoms with E-state index < -0.39 is 5.97 Å². The van der Waals surface area contributed by atoms with Crippen molar-refractivity contribution in [2.24, 2.45) is 9.98 Å². The van der Waals surface area contributed by atoms with Crippen LogP contribution in [-0.4, -0.2) is 33.5 Å². The van der Waals surface area contributed by atoms with Gasteiger partial charge in [0.25, 0.3) is 0 Å². The molecule has 0 atom stereocenters. The zero-order valence-electron chi connectivity index (χ0n) is 12.1. The normalized spacial score (nSPS) is 11.5. The molecule has 0 saturated carbocycles. The van der Waals surface area contributed by atoms with Gasteiger partial charge in [-0.25, -0.2) is 4.79 Å². The molecule has 3 N–H and O–H groups in total. The van der Waals surface area contributed by atoms with E-state index >= 15 is 0 Å². The van der Waals surface area contributed by atoms with E-state index in [1.807, 2.05) is 24.3 Å². The van der Waals surface area contributed by atoms with Gasteiger partial charge in [-0.15, -0.1) is 0 Å². The number of aromatic amines is 2. The summed E-state index contributed by atoms with van der Waals surface area (Å²) < 4.78 is 0. The predicted molar refractivity (Wildman–Crippen MR) is 89.5 cm³/mol. The van der Waals surface area contributed by atoms with E-state index in [1.54, 1.807) is 30.9 Å². The highest BCUT2D eigenvalue weighted by molar-refractivity contribution is 5.92. The molecule has 0 unspecified atom stereocenters. The summed E-state index contributed by atoms with van der Waals surface area (Å²) in [5.74, 6) is -0.999. The number of carbonyl (C=O) groups is 1. The number of benzene rings is 1. The fourth-order valence-corrected chi connectivity index (χ4v) is 2.00. The molecule has 6 nitrogen and oxygen atoms in total. The molecule has 2 heterocycles. The fraction of sp³-hybridized carbons (Fsp3) is 0. The van der Waals surface area contributed by atoms with E-state index in [9.17, 15) is 4.79 Å². The van der Waals surface area contributed by atoms with Crippen LogP contribution in [-0.2, 0) is 0 Å². The van der Waals surface area contributed by atoms with E-state index in [0.717, 1.165) is 11.4 Å². The topological polar surface area (TPSA) is 93.6 Å². The number of carboxylic acid groups (broad SMARTS) is 1. The number of aromatic carboxylic acids is 1. The summed E-state index contributed by atoms with van der Waals surface area (Å²) in [6.07, 6.45) is 6.90. The molecule has 0 aliphatic rings. The number of aromatic nitrogens is 2. The van der Waals surface area contributed by atoms with Crippen LogP contribution in [0.15, 0.2) is 64.8 Å². The second-order valence-corrected chi connectivity index (χ2v) is 4.78. The van der Waals surface area contributed by atoms with Gasteiger partial charge in [0.05, 0.1) is 40.8 Å². The summed E-state index contributed by atoms with van der Waals surface area (Å²) in [6.45, 7) is 0. The summed E-state index contributed by atoms with van der Waals surface area (Å²) in [7, 11) is 0. The van der Waals surface area contributed by atoms with Crippen LogP contribution in [0.3, 0.4) is 0 Å². The van der Waals surface area contributed by atoms with E-state index in [0.29, 0.717) is 11.4 Å². The molecule has 23 heavy (non-hydrogen) atoms. The first-order chi connectivity index (χ1) is 11.2. The Morgan fingerprint density at radius 2 is 1.52 bits per heavy atom. The third-order valence-electron chi connectivity index (χ3n) is 3.15. The molecular formula is C17H14N4O2. The number of H-pyrrole nitrogens is 2. The molecular weight excluding hydrogens is 292 g/mol. The minimum absolute atomic E-state index is 0.169. The van der Waals surface area contributed by atoms with Gasteiger partial charge in [-0.2, -0.15) is 0 Å². The van der Waals surface area contributed by atoms with Crippen molar-refractivity contribution in [2.45, 2.75) is 0 Å². The summed E-state index contributed by atoms with van der Waals surface area (Å²) in [6, 6.07) is 12.1. The van der Waals surface area contributed by atoms with Gasteiger partial charge in [-0.1, -0.05) is 0 Å². The maximum absolute atomic E-state index is 11.1. The lowest BCUT2D eigenvalue weighted by Gasteiger charge is -2.02. The van der Waals surface area contributed by atoms with E-state index in [2.05, 4.69) is 20.0 Å². The van der Waals surface area contributed by atoms with Gasteiger partial charge < -0.3 is 15.1 Å². The third kappa shape index (κ3) is 3.62. The van der Waals surface area contributed by atoms with Crippen molar-refractivity contribution < 1.29 is 9.90 Å². The van der Waals surface area contributed by atoms with Crippen LogP contribution >= 0.6 is 0 Å². The standard InChI is InChI=1S/C17H14N4O2/c22-17(23)12-5-6-15(20-10-13-3-1-7-18-13)16(9-12)21-11-14-4-2-8-19-14/h1-11,18-19H,(H,22,23). The zero-order chi connectivity index (χ0) is 16.1. The van der Waals surface area contributed by atoms with Crippen molar-refractivity contribution in [1.82, 2.24) is 9.97 Å². The van der Waals surface area contributed by atoms with Crippen molar-refractivity contribution in [2.75, 3.05) is 0 Å². The van der Waals surface area contributed by atoms with Crippen LogP contribution in [0.4, 0.5) is 11.4 Å². The molecule has 0 aliphatic heterocycles. The first kappa shape index (κ1) is 14.5. The first-order valence-corrected chi connectivity index (χ1v) is 6.94. The molecule has 1 aromatic carbocycles. The van der Waals surface area contributed by atoms with Crippen molar-refractivity contribution in [3.8, 4) is 0 Å². The molecule has 114 valence electrons. The van der Waals surface area contributed by atoms with Crippen molar-refractivity contribution >= 4 is 29.8 Å². The van der Waals surface area contributed by atoms with E-state index in [1.165, 1.54) is 12.1 Å². The van der Waals surface area contributed by atoms with Crippen LogP contribution in [0.25, 0.3) is 0 Å². The van der Waals surface area contributed by atoms with Crippen LogP contribution in [0.2, 0.25) is 0 Å². The lowest BCUT2D eigenvalue weighted by Crippen LogP contribution is -1.95. The van der Waals surface area contributed by atoms with Gasteiger partial charge in [0, 0.05) is 12.4 Å². The van der Waals surface area contributed by atoms with Gasteiger partial charge >= 0.3 is 5.97 Å². The average molecular weight is 306 g/mol. The Hall–Kier alpha value is -3.41. The highest BCUT2D eigenvalue weighted by Crippen LogP contribution is 2.29. The van der Waals surface area contributed by atoms with Gasteiger partial charge in [0.1, 0.15) is 0 Å². The molecule has 2 aromatic heterocycles. The minimum Gasteiger partial charge on any atom is -0.478 e. The van der Waals surface area contributed by atoms with Gasteiger partial charge in [-0.05, 0) is 42.5 Å². The quantitative estimate of drug-likeness (QED) is 0.629. The lowest BCUT2D eigenvalue weighted by molar-refractivity contribution is 0.0697. The number of aliphatic imine (C=N–C) groups is 2. The minimum atomic E-state index is -0.999. The second-order valence-electron chi connectivity index (χ2n) is 4.78. The van der Waals surface area contributed by atoms with E-state index in [-0.39, 0.29) is 5.56 Å². The van der Waals surface area contributed by atoms with Gasteiger partial charge in [-0.3, -0.25) is 9.98 Å². The monoisotopic (exact) mass is 306 g/mol. The first-order valence-electron chi connectivity index (χ1n) is 6.94. The Morgan fingerprint density at radius 1 is 0.913 bits per heavy atom. The molecule has 0 amide bonds. The van der Waals surface area contributed by atoms with Crippen LogP contribution in [0.1, 0.15) is 21.7 Å². The predicted octanol–water partition coefficient (Wildman–Crippen LogP) is 3.54. The van der Waals surface area contributed by atoms with Crippen LogP contribution < -0.4 is 0 Å². The Morgan fingerprint density at radius 3 is 2.04 bits per heavy atom. The average Bonchev–Trinajstić information content (AvgIpc) is 3.24. The SMILES string of the molecule is O=C(O)c1ccc(N=Cc2ccc[nH]2)c(N=Cc2ccc[nH]2)c1. The maximum atomic E-state index is 11.1. The lowest BCUT2D eigenvalue weighted by atomic mass is 10.2. The smallest absolute Gasteiger partial charge is 0.335 e. The Bertz CT molecular complexity index is 847. The summed E-state index contributed by atoms with van der Waals surface area (Å²) >= 11 is 0. The van der Waals surface area contributed by atoms with Gasteiger partial charge in [0.2, 0.25) is 0 Å². The Labute approximate surface area is 132 Å². The Balaban J connectivity index is 1.95. The number of nitrogens with zero attached hydrogens (tertiary/aromatic N) is 2. The van der Waals surface area contributed by atoms with E-state index in [4.69, 9.17) is 5.11 Å². The number of carboxylic acids is 1.